The number of nitrogens with one attached hydrogen (secondary N) is 2. The van der Waals surface area contributed by atoms with Crippen LogP contribution in [0.5, 0.6) is 0 Å². The van der Waals surface area contributed by atoms with Crippen LogP contribution in [0.2, 0.25) is 5.02 Å². The highest BCUT2D eigenvalue weighted by Gasteiger charge is 2.41. The van der Waals surface area contributed by atoms with Gasteiger partial charge < -0.3 is 20.5 Å². The predicted octanol–water partition coefficient (Wildman–Crippen LogP) is 0.761. The van der Waals surface area contributed by atoms with Crippen molar-refractivity contribution in [3.8, 4) is 0 Å². The first kappa shape index (κ1) is 21.4. The van der Waals surface area contributed by atoms with Crippen molar-refractivity contribution in [1.82, 2.24) is 15.2 Å². The highest BCUT2D eigenvalue weighted by molar-refractivity contribution is 6.31. The lowest BCUT2D eigenvalue weighted by molar-refractivity contribution is -0.123. The molecule has 1 aromatic carbocycles. The molecule has 150 valence electrons. The second kappa shape index (κ2) is 9.86. The van der Waals surface area contributed by atoms with E-state index in [1.165, 1.54) is 0 Å². The van der Waals surface area contributed by atoms with E-state index in [9.17, 15) is 9.59 Å². The number of hydrogen-bond donors (Lipinski definition) is 4. The Labute approximate surface area is 164 Å². The monoisotopic (exact) mass is 409 g/mol. The molecule has 2 fully saturated rings. The molecule has 2 aliphatic heterocycles. The molecule has 3 heterocycles. The molecule has 0 spiro atoms. The second-order valence-electron chi connectivity index (χ2n) is 6.37. The largest absolute Gasteiger partial charge is 0.483 e. The SMILES string of the molecule is O=C1NC[C@H]2CN(Cc3cc(=O)c4cc(Cl)ccc4[nH]3)C[C@@H]12.O=CO.O=CO. The summed E-state index contributed by atoms with van der Waals surface area (Å²) in [5.74, 6) is 0.665. The first-order valence-corrected chi connectivity index (χ1v) is 8.78. The van der Waals surface area contributed by atoms with E-state index in [-0.39, 0.29) is 30.2 Å². The van der Waals surface area contributed by atoms with Gasteiger partial charge in [-0.05, 0) is 18.2 Å². The van der Waals surface area contributed by atoms with Gasteiger partial charge in [0.1, 0.15) is 0 Å². The Morgan fingerprint density at radius 3 is 2.46 bits per heavy atom. The van der Waals surface area contributed by atoms with Crippen molar-refractivity contribution in [2.75, 3.05) is 19.6 Å². The number of carboxylic acid groups (broad SMARTS) is 2. The first-order valence-electron chi connectivity index (χ1n) is 8.40. The van der Waals surface area contributed by atoms with Crippen molar-refractivity contribution in [1.29, 1.82) is 0 Å². The fourth-order valence-corrected chi connectivity index (χ4v) is 3.73. The Morgan fingerprint density at radius 2 is 1.82 bits per heavy atom. The van der Waals surface area contributed by atoms with Crippen molar-refractivity contribution >= 4 is 41.4 Å². The number of hydrogen-bond acceptors (Lipinski definition) is 5. The Balaban J connectivity index is 0.000000418. The average Bonchev–Trinajstić information content (AvgIpc) is 3.19. The fraction of sp³-hybridized carbons (Fsp3) is 0.333. The van der Waals surface area contributed by atoms with Crippen LogP contribution >= 0.6 is 11.6 Å². The molecule has 0 unspecified atom stereocenters. The Morgan fingerprint density at radius 1 is 1.14 bits per heavy atom. The topological polar surface area (TPSA) is 140 Å². The number of rotatable bonds is 2. The van der Waals surface area contributed by atoms with Crippen LogP contribution in [0.4, 0.5) is 0 Å². The number of benzene rings is 1. The molecule has 4 N–H and O–H groups in total. The summed E-state index contributed by atoms with van der Waals surface area (Å²) in [4.78, 5) is 46.2. The minimum absolute atomic E-state index is 0.0246. The average molecular weight is 410 g/mol. The smallest absolute Gasteiger partial charge is 0.290 e. The number of carbonyl (C=O) groups is 3. The molecule has 1 amide bonds. The summed E-state index contributed by atoms with van der Waals surface area (Å²) in [6.07, 6.45) is 0. The van der Waals surface area contributed by atoms with E-state index < -0.39 is 0 Å². The summed E-state index contributed by atoms with van der Waals surface area (Å²) in [7, 11) is 0. The summed E-state index contributed by atoms with van der Waals surface area (Å²) in [5, 5.41) is 17.9. The standard InChI is InChI=1S/C16H16ClN3O2.2CH2O2/c17-10-1-2-14-12(3-10)15(21)4-11(19-14)7-20-6-9-5-18-16(22)13(9)8-20;2*2-1-3/h1-4,9,13H,5-8H2,(H,18,22)(H,19,21);2*1H,(H,2,3)/t9-,13+;;/m0../s1. The van der Waals surface area contributed by atoms with Crippen LogP contribution < -0.4 is 10.7 Å². The molecule has 28 heavy (non-hydrogen) atoms. The van der Waals surface area contributed by atoms with Gasteiger partial charge >= 0.3 is 0 Å². The van der Waals surface area contributed by atoms with Crippen LogP contribution in [0.25, 0.3) is 10.9 Å². The summed E-state index contributed by atoms with van der Waals surface area (Å²) in [6, 6.07) is 6.92. The van der Waals surface area contributed by atoms with E-state index in [0.29, 0.717) is 22.9 Å². The van der Waals surface area contributed by atoms with E-state index in [2.05, 4.69) is 15.2 Å². The molecule has 2 aromatic rings. The third-order valence-corrected chi connectivity index (χ3v) is 4.87. The molecular formula is C18H20ClN3O6. The van der Waals surface area contributed by atoms with Gasteiger partial charge in [0, 0.05) is 59.8 Å². The molecule has 10 heteroatoms. The van der Waals surface area contributed by atoms with Crippen LogP contribution in [0.3, 0.4) is 0 Å². The van der Waals surface area contributed by atoms with Gasteiger partial charge in [0.05, 0.1) is 5.92 Å². The number of H-pyrrole nitrogens is 1. The van der Waals surface area contributed by atoms with Crippen molar-refractivity contribution in [3.63, 3.8) is 0 Å². The number of aromatic nitrogens is 1. The highest BCUT2D eigenvalue weighted by Crippen LogP contribution is 2.28. The van der Waals surface area contributed by atoms with Crippen molar-refractivity contribution < 1.29 is 24.6 Å². The molecule has 2 aliphatic rings. The fourth-order valence-electron chi connectivity index (χ4n) is 3.56. The summed E-state index contributed by atoms with van der Waals surface area (Å²) >= 11 is 5.94. The maximum absolute atomic E-state index is 12.2. The molecule has 2 atom stereocenters. The molecule has 0 bridgehead atoms. The number of amides is 1. The zero-order chi connectivity index (χ0) is 20.7. The van der Waals surface area contributed by atoms with E-state index in [0.717, 1.165) is 30.8 Å². The molecule has 9 nitrogen and oxygen atoms in total. The number of halogens is 1. The maximum atomic E-state index is 12.2. The number of aromatic amines is 1. The van der Waals surface area contributed by atoms with Crippen LogP contribution in [0, 0.1) is 11.8 Å². The Bertz CT molecular complexity index is 910. The zero-order valence-corrected chi connectivity index (χ0v) is 15.6. The minimum Gasteiger partial charge on any atom is -0.483 e. The molecule has 1 aromatic heterocycles. The number of fused-ring (bicyclic) bond motifs is 2. The normalized spacial score (nSPS) is 20.2. The lowest BCUT2D eigenvalue weighted by Crippen LogP contribution is -2.29. The minimum atomic E-state index is -0.250. The van der Waals surface area contributed by atoms with E-state index in [1.807, 2.05) is 6.07 Å². The molecule has 0 aliphatic carbocycles. The van der Waals surface area contributed by atoms with Crippen molar-refractivity contribution in [2.24, 2.45) is 11.8 Å². The maximum Gasteiger partial charge on any atom is 0.290 e. The highest BCUT2D eigenvalue weighted by atomic mass is 35.5. The van der Waals surface area contributed by atoms with Crippen LogP contribution in [0.15, 0.2) is 29.1 Å². The quantitative estimate of drug-likeness (QED) is 0.537. The van der Waals surface area contributed by atoms with Crippen molar-refractivity contribution in [3.05, 3.63) is 45.2 Å². The van der Waals surface area contributed by atoms with Gasteiger partial charge in [0.15, 0.2) is 5.43 Å². The lowest BCUT2D eigenvalue weighted by Gasteiger charge is -2.17. The van der Waals surface area contributed by atoms with Gasteiger partial charge in [-0.15, -0.1) is 0 Å². The summed E-state index contributed by atoms with van der Waals surface area (Å²) in [5.41, 5.74) is 1.65. The molecular weight excluding hydrogens is 390 g/mol. The first-order chi connectivity index (χ1) is 13.4. The Kier molecular flexibility index (Phi) is 7.53. The van der Waals surface area contributed by atoms with Crippen LogP contribution in [-0.4, -0.2) is 58.6 Å². The van der Waals surface area contributed by atoms with E-state index in [4.69, 9.17) is 31.4 Å². The second-order valence-corrected chi connectivity index (χ2v) is 6.80. The van der Waals surface area contributed by atoms with Crippen LogP contribution in [-0.2, 0) is 20.9 Å². The number of pyridine rings is 1. The van der Waals surface area contributed by atoms with Gasteiger partial charge in [0.25, 0.3) is 12.9 Å². The third kappa shape index (κ3) is 5.08. The van der Waals surface area contributed by atoms with Crippen LogP contribution in [0.1, 0.15) is 5.69 Å². The number of nitrogens with zero attached hydrogens (tertiary/aromatic N) is 1. The number of likely N-dealkylation sites (tertiary alicyclic amines) is 1. The van der Waals surface area contributed by atoms with Gasteiger partial charge in [-0.2, -0.15) is 0 Å². The zero-order valence-electron chi connectivity index (χ0n) is 14.8. The van der Waals surface area contributed by atoms with E-state index in [1.54, 1.807) is 18.2 Å². The van der Waals surface area contributed by atoms with Crippen molar-refractivity contribution in [2.45, 2.75) is 6.54 Å². The van der Waals surface area contributed by atoms with Gasteiger partial charge in [-0.25, -0.2) is 0 Å². The molecule has 0 radical (unpaired) electrons. The van der Waals surface area contributed by atoms with E-state index >= 15 is 0 Å². The summed E-state index contributed by atoms with van der Waals surface area (Å²) < 4.78 is 0. The predicted molar refractivity (Wildman–Crippen MR) is 102 cm³/mol. The molecule has 4 rings (SSSR count). The lowest BCUT2D eigenvalue weighted by atomic mass is 10.0. The third-order valence-electron chi connectivity index (χ3n) is 4.63. The summed E-state index contributed by atoms with van der Waals surface area (Å²) in [6.45, 7) is 2.59. The molecule has 2 saturated heterocycles. The van der Waals surface area contributed by atoms with Gasteiger partial charge in [0.2, 0.25) is 5.91 Å². The molecule has 0 saturated carbocycles. The number of carbonyl (C=O) groups excluding carboxylic acids is 1. The van der Waals surface area contributed by atoms with Gasteiger partial charge in [-0.3, -0.25) is 24.1 Å². The van der Waals surface area contributed by atoms with Gasteiger partial charge in [-0.1, -0.05) is 11.6 Å². The Hall–Kier alpha value is -2.91.